The second-order valence-electron chi connectivity index (χ2n) is 0.224. The summed E-state index contributed by atoms with van der Waals surface area (Å²) in [6, 6.07) is 0. The largest absolute Gasteiger partial charge is 3.00 e. The van der Waals surface area contributed by atoms with Crippen LogP contribution in [0.25, 0.3) is 0 Å². The smallest absolute Gasteiger partial charge is 0.854 e. The molecule has 0 aromatic heterocycles. The zero-order valence-electron chi connectivity index (χ0n) is 2.17. The Morgan fingerprint density at radius 3 is 1.00 bits per heavy atom. The van der Waals surface area contributed by atoms with Gasteiger partial charge in [0.1, 0.15) is 0 Å². The Morgan fingerprint density at radius 2 is 1.00 bits per heavy atom. The molecule has 0 heterocycles. The van der Waals surface area contributed by atoms with Gasteiger partial charge in [0.2, 0.25) is 0 Å². The van der Waals surface area contributed by atoms with Gasteiger partial charge >= 0.3 is 40.8 Å². The maximum atomic E-state index is 8.48. The summed E-state index contributed by atoms with van der Waals surface area (Å²) in [7, 11) is -3.37. The summed E-state index contributed by atoms with van der Waals surface area (Å²) in [6.45, 7) is 0. The van der Waals surface area contributed by atoms with Crippen LogP contribution in [0.1, 0.15) is 0 Å². The van der Waals surface area contributed by atoms with E-state index in [0.29, 0.717) is 0 Å². The van der Waals surface area contributed by atoms with Crippen LogP contribution in [-0.2, 0) is 0 Å². The summed E-state index contributed by atoms with van der Waals surface area (Å²) >= 11 is 0. The van der Waals surface area contributed by atoms with Crippen LogP contribution in [0.2, 0.25) is 0 Å². The Balaban J connectivity index is 0. The van der Waals surface area contributed by atoms with Gasteiger partial charge in [0.25, 0.3) is 0 Å². The van der Waals surface area contributed by atoms with Gasteiger partial charge in [-0.05, 0) is 0 Å². The molecule has 0 aromatic rings. The molecule has 0 N–H and O–H groups in total. The van der Waals surface area contributed by atoms with Crippen LogP contribution in [0.3, 0.4) is 0 Å². The Labute approximate surface area is 63.5 Å². The standard InChI is InChI=1S/Nd.O3P/c;1-4(2)3/q+3;-3. The van der Waals surface area contributed by atoms with E-state index in [-0.39, 0.29) is 40.8 Å². The molecule has 0 aliphatic rings. The zero-order chi connectivity index (χ0) is 3.58. The molecule has 0 aliphatic heterocycles. The first-order chi connectivity index (χ1) is 1.73. The summed E-state index contributed by atoms with van der Waals surface area (Å²) in [5.41, 5.74) is 0. The van der Waals surface area contributed by atoms with E-state index in [1.807, 2.05) is 0 Å². The van der Waals surface area contributed by atoms with Crippen LogP contribution < -0.4 is 14.7 Å². The number of hydrogen-bond acceptors (Lipinski definition) is 3. The second kappa shape index (κ2) is 5.66. The molecule has 0 saturated heterocycles. The van der Waals surface area contributed by atoms with Gasteiger partial charge in [0.05, 0.1) is 0 Å². The van der Waals surface area contributed by atoms with Crippen molar-refractivity contribution in [1.82, 2.24) is 0 Å². The van der Waals surface area contributed by atoms with Gasteiger partial charge in [-0.2, -0.15) is 0 Å². The van der Waals surface area contributed by atoms with E-state index in [2.05, 4.69) is 0 Å². The molecular weight excluding hydrogens is 223 g/mol. The molecule has 5 heteroatoms. The molecule has 5 heavy (non-hydrogen) atoms. The van der Waals surface area contributed by atoms with Crippen molar-refractivity contribution < 1.29 is 55.5 Å². The fourth-order valence-electron chi connectivity index (χ4n) is 0. The van der Waals surface area contributed by atoms with E-state index in [9.17, 15) is 0 Å². The van der Waals surface area contributed by atoms with Crippen molar-refractivity contribution in [3.05, 3.63) is 0 Å². The number of hydrogen-bond donors (Lipinski definition) is 0. The Kier molecular flexibility index (Phi) is 11.1. The molecule has 0 atom stereocenters. The molecule has 1 radical (unpaired) electrons. The Morgan fingerprint density at radius 1 is 1.00 bits per heavy atom. The molecule has 0 bridgehead atoms. The first-order valence-electron chi connectivity index (χ1n) is 0.548. The van der Waals surface area contributed by atoms with Crippen molar-refractivity contribution in [3.63, 3.8) is 0 Å². The predicted molar refractivity (Wildman–Crippen MR) is 6.92 cm³/mol. The van der Waals surface area contributed by atoms with Gasteiger partial charge in [-0.1, -0.05) is 0 Å². The molecule has 0 spiro atoms. The van der Waals surface area contributed by atoms with E-state index in [1.54, 1.807) is 0 Å². The van der Waals surface area contributed by atoms with Gasteiger partial charge in [-0.3, -0.25) is 0 Å². The molecular formula is NdO3P. The first kappa shape index (κ1) is 9.83. The molecule has 0 unspecified atom stereocenters. The Bertz CT molecular complexity index is 11.6. The third kappa shape index (κ3) is 27.5. The van der Waals surface area contributed by atoms with Crippen molar-refractivity contribution in [2.75, 3.05) is 0 Å². The van der Waals surface area contributed by atoms with Crippen LogP contribution in [0, 0.1) is 40.8 Å². The van der Waals surface area contributed by atoms with Crippen LogP contribution in [-0.4, -0.2) is 0 Å². The molecule has 0 rings (SSSR count). The molecule has 0 saturated carbocycles. The molecule has 3 nitrogen and oxygen atoms in total. The van der Waals surface area contributed by atoms with E-state index < -0.39 is 8.60 Å². The molecule has 0 aliphatic carbocycles. The van der Waals surface area contributed by atoms with Gasteiger partial charge in [-0.25, -0.2) is 0 Å². The Hall–Kier alpha value is 1.66. The molecule has 0 aromatic carbocycles. The van der Waals surface area contributed by atoms with Gasteiger partial charge in [-0.15, -0.1) is 0 Å². The van der Waals surface area contributed by atoms with Crippen LogP contribution in [0.5, 0.6) is 0 Å². The van der Waals surface area contributed by atoms with E-state index >= 15 is 0 Å². The quantitative estimate of drug-likeness (QED) is 0.419. The fraction of sp³-hybridized carbons (Fsp3) is 0. The van der Waals surface area contributed by atoms with Crippen molar-refractivity contribution in [1.29, 1.82) is 0 Å². The van der Waals surface area contributed by atoms with E-state index in [4.69, 9.17) is 14.7 Å². The van der Waals surface area contributed by atoms with Crippen LogP contribution in [0.15, 0.2) is 0 Å². The minimum atomic E-state index is -3.37. The summed E-state index contributed by atoms with van der Waals surface area (Å²) < 4.78 is 0. The third-order valence-electron chi connectivity index (χ3n) is 0. The van der Waals surface area contributed by atoms with Crippen molar-refractivity contribution in [2.45, 2.75) is 0 Å². The fourth-order valence-corrected chi connectivity index (χ4v) is 0. The minimum absolute atomic E-state index is 0. The summed E-state index contributed by atoms with van der Waals surface area (Å²) in [5.74, 6) is 0. The third-order valence-corrected chi connectivity index (χ3v) is 0. The first-order valence-corrected chi connectivity index (χ1v) is 1.64. The van der Waals surface area contributed by atoms with Crippen molar-refractivity contribution >= 4 is 8.60 Å². The van der Waals surface area contributed by atoms with Crippen LogP contribution in [0.4, 0.5) is 0 Å². The molecule has 0 fully saturated rings. The number of rotatable bonds is 0. The normalized spacial score (nSPS) is 7.20. The van der Waals surface area contributed by atoms with E-state index in [0.717, 1.165) is 0 Å². The van der Waals surface area contributed by atoms with E-state index in [1.165, 1.54) is 0 Å². The average molecular weight is 223 g/mol. The average Bonchev–Trinajstić information content (AvgIpc) is 0.811. The summed E-state index contributed by atoms with van der Waals surface area (Å²) in [6.07, 6.45) is 0. The van der Waals surface area contributed by atoms with Gasteiger partial charge in [0.15, 0.2) is 0 Å². The zero-order valence-corrected chi connectivity index (χ0v) is 6.27. The molecule has 0 amide bonds. The molecule has 27 valence electrons. The van der Waals surface area contributed by atoms with Crippen LogP contribution >= 0.6 is 8.60 Å². The SMILES string of the molecule is [Nd+3].[O-]P([O-])[O-]. The van der Waals surface area contributed by atoms with Gasteiger partial charge < -0.3 is 23.3 Å². The maximum absolute atomic E-state index is 8.48. The summed E-state index contributed by atoms with van der Waals surface area (Å²) in [4.78, 5) is 25.4. The maximum Gasteiger partial charge on any atom is 3.00 e. The van der Waals surface area contributed by atoms with Crippen molar-refractivity contribution in [3.8, 4) is 0 Å². The monoisotopic (exact) mass is 221 g/mol. The van der Waals surface area contributed by atoms with Gasteiger partial charge in [0, 0.05) is 0 Å². The van der Waals surface area contributed by atoms with Crippen molar-refractivity contribution in [2.24, 2.45) is 0 Å². The minimum Gasteiger partial charge on any atom is -0.854 e. The topological polar surface area (TPSA) is 69.2 Å². The second-order valence-corrected chi connectivity index (χ2v) is 0.671. The predicted octanol–water partition coefficient (Wildman–Crippen LogP) is -2.71. The summed E-state index contributed by atoms with van der Waals surface area (Å²) in [5, 5.41) is 0.